The molecule has 2 rings (SSSR count). The molecule has 0 unspecified atom stereocenters. The number of rotatable bonds is 9. The van der Waals surface area contributed by atoms with Gasteiger partial charge in [-0.15, -0.1) is 0 Å². The summed E-state index contributed by atoms with van der Waals surface area (Å²) in [7, 11) is 1.68. The predicted molar refractivity (Wildman–Crippen MR) is 101 cm³/mol. The first-order valence-corrected chi connectivity index (χ1v) is 8.70. The fraction of sp³-hybridized carbons (Fsp3) is 0.400. The van der Waals surface area contributed by atoms with Crippen LogP contribution in [0.2, 0.25) is 0 Å². The van der Waals surface area contributed by atoms with Crippen LogP contribution in [0.5, 0.6) is 5.75 Å². The summed E-state index contributed by atoms with van der Waals surface area (Å²) in [4.78, 5) is 16.3. The first-order valence-electron chi connectivity index (χ1n) is 8.70. The normalized spacial score (nSPS) is 10.6. The van der Waals surface area contributed by atoms with Crippen molar-refractivity contribution in [1.29, 1.82) is 0 Å². The number of carbonyl (C=O) groups is 1. The maximum atomic E-state index is 12.1. The Morgan fingerprint density at radius 1 is 1.20 bits per heavy atom. The van der Waals surface area contributed by atoms with Gasteiger partial charge in [-0.1, -0.05) is 32.0 Å². The summed E-state index contributed by atoms with van der Waals surface area (Å²) in [5.41, 5.74) is 2.48. The van der Waals surface area contributed by atoms with Crippen molar-refractivity contribution in [3.8, 4) is 5.75 Å². The van der Waals surface area contributed by atoms with Crippen LogP contribution in [0, 0.1) is 5.92 Å². The van der Waals surface area contributed by atoms with E-state index in [1.54, 1.807) is 19.4 Å². The highest BCUT2D eigenvalue weighted by atomic mass is 16.5. The summed E-state index contributed by atoms with van der Waals surface area (Å²) >= 11 is 0. The molecule has 2 N–H and O–H groups in total. The monoisotopic (exact) mass is 341 g/mol. The minimum absolute atomic E-state index is 0.131. The molecule has 2 aromatic rings. The number of methoxy groups -OCH3 is 1. The minimum atomic E-state index is -0.131. The third-order valence-corrected chi connectivity index (χ3v) is 3.92. The van der Waals surface area contributed by atoms with E-state index in [4.69, 9.17) is 4.74 Å². The lowest BCUT2D eigenvalue weighted by Crippen LogP contribution is -2.26. The van der Waals surface area contributed by atoms with Crippen molar-refractivity contribution in [2.75, 3.05) is 25.5 Å². The van der Waals surface area contributed by atoms with E-state index in [2.05, 4.69) is 35.5 Å². The van der Waals surface area contributed by atoms with Crippen LogP contribution in [0.1, 0.15) is 36.3 Å². The highest BCUT2D eigenvalue weighted by Gasteiger charge is 2.08. The minimum Gasteiger partial charge on any atom is -0.496 e. The zero-order valence-corrected chi connectivity index (χ0v) is 15.2. The lowest BCUT2D eigenvalue weighted by molar-refractivity contribution is 0.0947. The Balaban J connectivity index is 1.87. The third kappa shape index (κ3) is 6.10. The number of amides is 1. The lowest BCUT2D eigenvalue weighted by Gasteiger charge is -2.11. The van der Waals surface area contributed by atoms with Crippen molar-refractivity contribution < 1.29 is 9.53 Å². The molecule has 5 heteroatoms. The molecule has 134 valence electrons. The summed E-state index contributed by atoms with van der Waals surface area (Å²) in [6, 6.07) is 11.6. The number of pyridine rings is 1. The second-order valence-electron chi connectivity index (χ2n) is 6.36. The molecule has 0 saturated heterocycles. The first kappa shape index (κ1) is 18.8. The number of benzene rings is 1. The topological polar surface area (TPSA) is 63.2 Å². The van der Waals surface area contributed by atoms with Gasteiger partial charge in [0.2, 0.25) is 0 Å². The number of para-hydroxylation sites is 1. The van der Waals surface area contributed by atoms with Gasteiger partial charge in [0.1, 0.15) is 11.4 Å². The van der Waals surface area contributed by atoms with Crippen molar-refractivity contribution >= 4 is 11.6 Å². The van der Waals surface area contributed by atoms with Gasteiger partial charge in [0.25, 0.3) is 5.91 Å². The number of carbonyl (C=O) groups excluding carboxylic acids is 1. The molecule has 0 atom stereocenters. The van der Waals surface area contributed by atoms with Crippen LogP contribution in [0.4, 0.5) is 5.69 Å². The van der Waals surface area contributed by atoms with Crippen molar-refractivity contribution in [1.82, 2.24) is 10.3 Å². The molecule has 1 amide bonds. The molecule has 0 aliphatic carbocycles. The number of hydrogen-bond acceptors (Lipinski definition) is 4. The van der Waals surface area contributed by atoms with Crippen LogP contribution < -0.4 is 15.4 Å². The summed E-state index contributed by atoms with van der Waals surface area (Å²) in [6.07, 6.45) is 3.45. The van der Waals surface area contributed by atoms with Gasteiger partial charge in [-0.2, -0.15) is 0 Å². The number of nitrogens with one attached hydrogen (secondary N) is 2. The SMILES string of the molecule is COc1ccccc1CCNc1ccnc(C(=O)NCCC(C)C)c1. The number of aromatic nitrogens is 1. The highest BCUT2D eigenvalue weighted by molar-refractivity contribution is 5.93. The van der Waals surface area contributed by atoms with E-state index >= 15 is 0 Å². The van der Waals surface area contributed by atoms with E-state index in [-0.39, 0.29) is 5.91 Å². The molecule has 0 bridgehead atoms. The molecule has 0 aliphatic rings. The Hall–Kier alpha value is -2.56. The van der Waals surface area contributed by atoms with Gasteiger partial charge < -0.3 is 15.4 Å². The average Bonchev–Trinajstić information content (AvgIpc) is 2.62. The van der Waals surface area contributed by atoms with E-state index in [0.717, 1.165) is 36.4 Å². The van der Waals surface area contributed by atoms with Crippen LogP contribution in [0.15, 0.2) is 42.6 Å². The highest BCUT2D eigenvalue weighted by Crippen LogP contribution is 2.18. The maximum Gasteiger partial charge on any atom is 0.269 e. The third-order valence-electron chi connectivity index (χ3n) is 3.92. The smallest absolute Gasteiger partial charge is 0.269 e. The molecule has 1 aromatic carbocycles. The molecular weight excluding hydrogens is 314 g/mol. The standard InChI is InChI=1S/C20H27N3O2/c1-15(2)8-11-23-20(24)18-14-17(10-13-22-18)21-12-9-16-6-4-5-7-19(16)25-3/h4-7,10,13-15H,8-9,11-12H2,1-3H3,(H,21,22)(H,23,24). The van der Waals surface area contributed by atoms with Gasteiger partial charge in [-0.05, 0) is 42.5 Å². The van der Waals surface area contributed by atoms with E-state index in [0.29, 0.717) is 18.2 Å². The molecule has 0 radical (unpaired) electrons. The van der Waals surface area contributed by atoms with Gasteiger partial charge in [0.05, 0.1) is 7.11 Å². The summed E-state index contributed by atoms with van der Waals surface area (Å²) < 4.78 is 5.36. The molecule has 0 spiro atoms. The summed E-state index contributed by atoms with van der Waals surface area (Å²) in [5.74, 6) is 1.33. The van der Waals surface area contributed by atoms with Gasteiger partial charge >= 0.3 is 0 Å². The second-order valence-corrected chi connectivity index (χ2v) is 6.36. The van der Waals surface area contributed by atoms with Crippen LogP contribution in [-0.2, 0) is 6.42 Å². The fourth-order valence-corrected chi connectivity index (χ4v) is 2.48. The van der Waals surface area contributed by atoms with Crippen LogP contribution in [0.25, 0.3) is 0 Å². The Bertz CT molecular complexity index is 686. The van der Waals surface area contributed by atoms with Gasteiger partial charge in [0, 0.05) is 25.0 Å². The number of nitrogens with zero attached hydrogens (tertiary/aromatic N) is 1. The zero-order valence-electron chi connectivity index (χ0n) is 15.2. The van der Waals surface area contributed by atoms with Gasteiger partial charge in [-0.3, -0.25) is 9.78 Å². The predicted octanol–water partition coefficient (Wildman–Crippen LogP) is 3.52. The van der Waals surface area contributed by atoms with E-state index in [1.165, 1.54) is 0 Å². The fourth-order valence-electron chi connectivity index (χ4n) is 2.48. The van der Waals surface area contributed by atoms with Crippen LogP contribution >= 0.6 is 0 Å². The average molecular weight is 341 g/mol. The molecule has 1 heterocycles. The Kier molecular flexibility index (Phi) is 7.26. The summed E-state index contributed by atoms with van der Waals surface area (Å²) in [6.45, 7) is 5.69. The van der Waals surface area contributed by atoms with Crippen molar-refractivity contribution in [2.45, 2.75) is 26.7 Å². The molecule has 0 aliphatic heterocycles. The van der Waals surface area contributed by atoms with E-state index in [1.807, 2.05) is 24.3 Å². The summed E-state index contributed by atoms with van der Waals surface area (Å²) in [5, 5.41) is 6.25. The van der Waals surface area contributed by atoms with Gasteiger partial charge in [-0.25, -0.2) is 0 Å². The first-order chi connectivity index (χ1) is 12.1. The van der Waals surface area contributed by atoms with E-state index < -0.39 is 0 Å². The van der Waals surface area contributed by atoms with Crippen molar-refractivity contribution in [2.24, 2.45) is 5.92 Å². The number of anilines is 1. The Labute approximate surface area is 149 Å². The van der Waals surface area contributed by atoms with Gasteiger partial charge in [0.15, 0.2) is 0 Å². The molecule has 5 nitrogen and oxygen atoms in total. The molecule has 0 saturated carbocycles. The molecule has 1 aromatic heterocycles. The largest absolute Gasteiger partial charge is 0.496 e. The van der Waals surface area contributed by atoms with Crippen molar-refractivity contribution in [3.63, 3.8) is 0 Å². The van der Waals surface area contributed by atoms with E-state index in [9.17, 15) is 4.79 Å². The second kappa shape index (κ2) is 9.67. The number of hydrogen-bond donors (Lipinski definition) is 2. The van der Waals surface area contributed by atoms with Crippen LogP contribution in [0.3, 0.4) is 0 Å². The number of ether oxygens (including phenoxy) is 1. The van der Waals surface area contributed by atoms with Crippen LogP contribution in [-0.4, -0.2) is 31.1 Å². The quantitative estimate of drug-likeness (QED) is 0.732. The molecular formula is C20H27N3O2. The maximum absolute atomic E-state index is 12.1. The van der Waals surface area contributed by atoms with Crippen molar-refractivity contribution in [3.05, 3.63) is 53.9 Å². The Morgan fingerprint density at radius 2 is 2.00 bits per heavy atom. The molecule has 25 heavy (non-hydrogen) atoms. The lowest BCUT2D eigenvalue weighted by atomic mass is 10.1. The zero-order chi connectivity index (χ0) is 18.1. The molecule has 0 fully saturated rings. The Morgan fingerprint density at radius 3 is 2.76 bits per heavy atom.